The second kappa shape index (κ2) is 5.72. The van der Waals surface area contributed by atoms with Crippen LogP contribution in [0.15, 0.2) is 41.2 Å². The Labute approximate surface area is 148 Å². The third-order valence-corrected chi connectivity index (χ3v) is 4.63. The average molecular weight is 389 g/mol. The van der Waals surface area contributed by atoms with Crippen LogP contribution in [0.1, 0.15) is 11.1 Å². The van der Waals surface area contributed by atoms with Gasteiger partial charge in [0.2, 0.25) is 0 Å². The van der Waals surface area contributed by atoms with Crippen LogP contribution in [0.25, 0.3) is 21.7 Å². The molecule has 0 spiro atoms. The van der Waals surface area contributed by atoms with Crippen molar-refractivity contribution < 1.29 is 31.4 Å². The molecule has 0 bridgehead atoms. The van der Waals surface area contributed by atoms with Crippen molar-refractivity contribution in [3.63, 3.8) is 0 Å². The van der Waals surface area contributed by atoms with Crippen molar-refractivity contribution in [3.05, 3.63) is 57.9 Å². The lowest BCUT2D eigenvalue weighted by molar-refractivity contribution is -0.376. The van der Waals surface area contributed by atoms with Gasteiger partial charge in [-0.3, -0.25) is 4.79 Å². The summed E-state index contributed by atoms with van der Waals surface area (Å²) in [5.41, 5.74) is -6.63. The average Bonchev–Trinajstić information content (AvgIpc) is 2.56. The van der Waals surface area contributed by atoms with Crippen LogP contribution in [0.3, 0.4) is 0 Å². The molecule has 0 aliphatic carbocycles. The van der Waals surface area contributed by atoms with E-state index in [4.69, 9.17) is 0 Å². The molecule has 1 N–H and O–H groups in total. The quantitative estimate of drug-likeness (QED) is 0.498. The van der Waals surface area contributed by atoms with E-state index in [0.717, 1.165) is 4.57 Å². The zero-order valence-corrected chi connectivity index (χ0v) is 14.0. The van der Waals surface area contributed by atoms with Crippen LogP contribution in [0, 0.1) is 6.92 Å². The fourth-order valence-electron chi connectivity index (χ4n) is 3.31. The molecule has 0 radical (unpaired) electrons. The fraction of sp³-hybridized carbons (Fsp3) is 0.278. The van der Waals surface area contributed by atoms with Gasteiger partial charge in [0.25, 0.3) is 11.2 Å². The Morgan fingerprint density at radius 1 is 0.889 bits per heavy atom. The highest BCUT2D eigenvalue weighted by molar-refractivity contribution is 6.06. The zero-order chi connectivity index (χ0) is 20.4. The molecular weight excluding hydrogens is 376 g/mol. The molecule has 0 saturated carbocycles. The maximum absolute atomic E-state index is 13.2. The summed E-state index contributed by atoms with van der Waals surface area (Å²) < 4.78 is 80.7. The van der Waals surface area contributed by atoms with Crippen molar-refractivity contribution in [2.45, 2.75) is 24.9 Å². The van der Waals surface area contributed by atoms with Gasteiger partial charge in [0, 0.05) is 23.4 Å². The lowest BCUT2D eigenvalue weighted by atomic mass is 9.88. The standard InChI is InChI=1S/C18H13F6NO2/c1-9-7-10(16(27,17(19,20)21)18(22,23)24)8-13-11-5-3-4-6-12(11)15(26)25(2)14(9)13/h3-8,27H,1-2H3. The molecule has 0 aliphatic heterocycles. The number of benzene rings is 2. The predicted molar refractivity (Wildman–Crippen MR) is 87.4 cm³/mol. The molecule has 1 aromatic heterocycles. The molecule has 1 heterocycles. The number of aromatic nitrogens is 1. The number of rotatable bonds is 1. The minimum Gasteiger partial charge on any atom is -0.369 e. The van der Waals surface area contributed by atoms with E-state index in [1.165, 1.54) is 38.2 Å². The lowest BCUT2D eigenvalue weighted by Gasteiger charge is -2.33. The Kier molecular flexibility index (Phi) is 4.07. The Bertz CT molecular complexity index is 1100. The van der Waals surface area contributed by atoms with Crippen LogP contribution < -0.4 is 5.56 Å². The van der Waals surface area contributed by atoms with Crippen LogP contribution in [-0.4, -0.2) is 22.0 Å². The van der Waals surface area contributed by atoms with Gasteiger partial charge in [-0.1, -0.05) is 24.3 Å². The van der Waals surface area contributed by atoms with E-state index in [1.54, 1.807) is 0 Å². The normalized spacial score (nSPS) is 13.5. The maximum Gasteiger partial charge on any atom is 0.430 e. The van der Waals surface area contributed by atoms with Gasteiger partial charge in [-0.15, -0.1) is 0 Å². The first-order chi connectivity index (χ1) is 12.3. The molecule has 0 fully saturated rings. The van der Waals surface area contributed by atoms with E-state index in [1.807, 2.05) is 0 Å². The highest BCUT2D eigenvalue weighted by Gasteiger charge is 2.71. The third kappa shape index (κ3) is 2.60. The van der Waals surface area contributed by atoms with Gasteiger partial charge in [-0.05, 0) is 30.0 Å². The van der Waals surface area contributed by atoms with Crippen molar-refractivity contribution >= 4 is 21.7 Å². The molecule has 3 rings (SSSR count). The lowest BCUT2D eigenvalue weighted by Crippen LogP contribution is -2.54. The molecule has 0 unspecified atom stereocenters. The van der Waals surface area contributed by atoms with Gasteiger partial charge in [0.05, 0.1) is 5.52 Å². The topological polar surface area (TPSA) is 42.2 Å². The third-order valence-electron chi connectivity index (χ3n) is 4.63. The second-order valence-electron chi connectivity index (χ2n) is 6.30. The van der Waals surface area contributed by atoms with E-state index < -0.39 is 29.1 Å². The largest absolute Gasteiger partial charge is 0.430 e. The van der Waals surface area contributed by atoms with E-state index >= 15 is 0 Å². The first-order valence-electron chi connectivity index (χ1n) is 7.69. The summed E-state index contributed by atoms with van der Waals surface area (Å²) in [6.07, 6.45) is -12.0. The second-order valence-corrected chi connectivity index (χ2v) is 6.30. The van der Waals surface area contributed by atoms with E-state index in [9.17, 15) is 36.2 Å². The first-order valence-corrected chi connectivity index (χ1v) is 7.69. The molecule has 2 aromatic carbocycles. The molecular formula is C18H13F6NO2. The monoisotopic (exact) mass is 389 g/mol. The van der Waals surface area contributed by atoms with Gasteiger partial charge in [0.1, 0.15) is 0 Å². The Hall–Kier alpha value is -2.55. The predicted octanol–water partition coefficient (Wildman–Crippen LogP) is 4.31. The number of aryl methyl sites for hydroxylation is 2. The molecule has 9 heteroatoms. The molecule has 3 aromatic rings. The molecule has 0 amide bonds. The number of nitrogens with zero attached hydrogens (tertiary/aromatic N) is 1. The first kappa shape index (κ1) is 19.2. The minimum absolute atomic E-state index is 0.000205. The van der Waals surface area contributed by atoms with Crippen molar-refractivity contribution in [2.75, 3.05) is 0 Å². The van der Waals surface area contributed by atoms with Crippen LogP contribution in [0.4, 0.5) is 26.3 Å². The summed E-state index contributed by atoms with van der Waals surface area (Å²) in [6, 6.07) is 7.17. The van der Waals surface area contributed by atoms with Gasteiger partial charge < -0.3 is 9.67 Å². The fourth-order valence-corrected chi connectivity index (χ4v) is 3.31. The molecule has 0 atom stereocenters. The van der Waals surface area contributed by atoms with Gasteiger partial charge in [-0.25, -0.2) is 0 Å². The maximum atomic E-state index is 13.2. The number of alkyl halides is 6. The van der Waals surface area contributed by atoms with E-state index in [-0.39, 0.29) is 27.2 Å². The Morgan fingerprint density at radius 2 is 1.41 bits per heavy atom. The van der Waals surface area contributed by atoms with Crippen LogP contribution in [0.5, 0.6) is 0 Å². The molecule has 3 nitrogen and oxygen atoms in total. The summed E-state index contributed by atoms with van der Waals surface area (Å²) in [5, 5.41) is 10.1. The zero-order valence-electron chi connectivity index (χ0n) is 14.0. The molecule has 0 saturated heterocycles. The summed E-state index contributed by atoms with van der Waals surface area (Å²) in [5.74, 6) is 0. The number of pyridine rings is 1. The van der Waals surface area contributed by atoms with Crippen LogP contribution >= 0.6 is 0 Å². The summed E-state index contributed by atoms with van der Waals surface area (Å²) in [7, 11) is 1.38. The molecule has 27 heavy (non-hydrogen) atoms. The van der Waals surface area contributed by atoms with E-state index in [0.29, 0.717) is 12.1 Å². The van der Waals surface area contributed by atoms with E-state index in [2.05, 4.69) is 0 Å². The van der Waals surface area contributed by atoms with Crippen LogP contribution in [-0.2, 0) is 12.6 Å². The highest BCUT2D eigenvalue weighted by atomic mass is 19.4. The number of aliphatic hydroxyl groups is 1. The Balaban J connectivity index is 2.54. The summed E-state index contributed by atoms with van der Waals surface area (Å²) in [4.78, 5) is 12.4. The molecule has 0 aliphatic rings. The minimum atomic E-state index is -5.98. The van der Waals surface area contributed by atoms with Gasteiger partial charge in [0.15, 0.2) is 0 Å². The smallest absolute Gasteiger partial charge is 0.369 e. The number of hydrogen-bond acceptors (Lipinski definition) is 2. The SMILES string of the molecule is Cc1cc(C(O)(C(F)(F)F)C(F)(F)F)cc2c3ccccc3c(=O)n(C)c12. The van der Waals surface area contributed by atoms with Crippen molar-refractivity contribution in [3.8, 4) is 0 Å². The van der Waals surface area contributed by atoms with Gasteiger partial charge >= 0.3 is 12.4 Å². The van der Waals surface area contributed by atoms with Crippen molar-refractivity contribution in [2.24, 2.45) is 7.05 Å². The Morgan fingerprint density at radius 3 is 1.93 bits per heavy atom. The number of hydrogen-bond donors (Lipinski definition) is 1. The summed E-state index contributed by atoms with van der Waals surface area (Å²) >= 11 is 0. The highest BCUT2D eigenvalue weighted by Crippen LogP contribution is 2.50. The van der Waals surface area contributed by atoms with Gasteiger partial charge in [-0.2, -0.15) is 26.3 Å². The number of halogens is 6. The van der Waals surface area contributed by atoms with Crippen LogP contribution in [0.2, 0.25) is 0 Å². The van der Waals surface area contributed by atoms with Crippen molar-refractivity contribution in [1.29, 1.82) is 0 Å². The van der Waals surface area contributed by atoms with Crippen molar-refractivity contribution in [1.82, 2.24) is 4.57 Å². The molecule has 144 valence electrons. The summed E-state index contributed by atoms with van der Waals surface area (Å²) in [6.45, 7) is 1.28. The number of fused-ring (bicyclic) bond motifs is 3.